The molecule has 0 radical (unpaired) electrons. The molecule has 5 nitrogen and oxygen atoms in total. The fourth-order valence-electron chi connectivity index (χ4n) is 1.17. The summed E-state index contributed by atoms with van der Waals surface area (Å²) in [6.07, 6.45) is 1.47. The number of rotatable bonds is 5. The van der Waals surface area contributed by atoms with E-state index < -0.39 is 18.0 Å². The van der Waals surface area contributed by atoms with Gasteiger partial charge in [0, 0.05) is 16.7 Å². The summed E-state index contributed by atoms with van der Waals surface area (Å²) in [5.41, 5.74) is 5.54. The minimum Gasteiger partial charge on any atom is -0.480 e. The number of primary amides is 1. The third-order valence-corrected chi connectivity index (χ3v) is 2.32. The Labute approximate surface area is 109 Å². The van der Waals surface area contributed by atoms with E-state index in [-0.39, 0.29) is 0 Å². The van der Waals surface area contributed by atoms with Gasteiger partial charge in [-0.05, 0) is 31.2 Å². The van der Waals surface area contributed by atoms with Crippen LogP contribution in [-0.2, 0) is 9.59 Å². The van der Waals surface area contributed by atoms with E-state index in [1.54, 1.807) is 12.1 Å². The van der Waals surface area contributed by atoms with Gasteiger partial charge in [0.25, 0.3) is 5.91 Å². The number of ether oxygens (including phenoxy) is 1. The number of carbonyl (C=O) groups is 2. The Morgan fingerprint density at radius 2 is 2.17 bits per heavy atom. The smallest absolute Gasteiger partial charge is 0.328 e. The van der Waals surface area contributed by atoms with Gasteiger partial charge in [-0.1, -0.05) is 11.6 Å². The Morgan fingerprint density at radius 1 is 1.50 bits per heavy atom. The molecule has 0 aliphatic carbocycles. The van der Waals surface area contributed by atoms with Crippen molar-refractivity contribution in [1.29, 1.82) is 0 Å². The van der Waals surface area contributed by atoms with E-state index in [9.17, 15) is 9.59 Å². The number of amides is 1. The van der Waals surface area contributed by atoms with Crippen LogP contribution >= 0.6 is 11.6 Å². The van der Waals surface area contributed by atoms with E-state index in [4.69, 9.17) is 27.2 Å². The molecule has 1 unspecified atom stereocenters. The normalized spacial score (nSPS) is 12.3. The average molecular weight is 270 g/mol. The second kappa shape index (κ2) is 6.07. The van der Waals surface area contributed by atoms with Crippen molar-refractivity contribution in [2.75, 3.05) is 0 Å². The fourth-order valence-corrected chi connectivity index (χ4v) is 1.35. The lowest BCUT2D eigenvalue weighted by atomic mass is 10.2. The molecule has 1 atom stereocenters. The van der Waals surface area contributed by atoms with Gasteiger partial charge in [0.05, 0.1) is 0 Å². The maximum Gasteiger partial charge on any atom is 0.328 e. The highest BCUT2D eigenvalue weighted by atomic mass is 35.5. The molecule has 96 valence electrons. The van der Waals surface area contributed by atoms with E-state index in [0.29, 0.717) is 16.3 Å². The summed E-state index contributed by atoms with van der Waals surface area (Å²) < 4.78 is 5.32. The number of halogens is 1. The summed E-state index contributed by atoms with van der Waals surface area (Å²) in [4.78, 5) is 21.4. The van der Waals surface area contributed by atoms with Gasteiger partial charge < -0.3 is 15.6 Å². The van der Waals surface area contributed by atoms with Gasteiger partial charge in [0.2, 0.25) is 0 Å². The number of nitrogens with two attached hydrogens (primary N) is 1. The molecule has 0 heterocycles. The average Bonchev–Trinajstić information content (AvgIpc) is 2.29. The second-order valence-corrected chi connectivity index (χ2v) is 3.95. The molecule has 0 fully saturated rings. The number of hydrogen-bond acceptors (Lipinski definition) is 3. The molecule has 1 rings (SSSR count). The Hall–Kier alpha value is -2.01. The van der Waals surface area contributed by atoms with Crippen molar-refractivity contribution in [3.05, 3.63) is 34.9 Å². The molecular weight excluding hydrogens is 258 g/mol. The van der Waals surface area contributed by atoms with Gasteiger partial charge in [0.15, 0.2) is 6.10 Å². The lowest BCUT2D eigenvalue weighted by molar-refractivity contribution is -0.131. The SMILES string of the molecule is CC(Oc1ccc(Cl)cc1/C=C/C(=O)O)C(N)=O. The summed E-state index contributed by atoms with van der Waals surface area (Å²) in [5.74, 6) is -1.37. The first-order valence-corrected chi connectivity index (χ1v) is 5.44. The van der Waals surface area contributed by atoms with Crippen LogP contribution in [0.4, 0.5) is 0 Å². The van der Waals surface area contributed by atoms with Crippen LogP contribution in [0, 0.1) is 0 Å². The zero-order valence-electron chi connectivity index (χ0n) is 9.59. The number of aliphatic carboxylic acids is 1. The van der Waals surface area contributed by atoms with Gasteiger partial charge in [-0.2, -0.15) is 0 Å². The van der Waals surface area contributed by atoms with Crippen LogP contribution in [0.15, 0.2) is 24.3 Å². The number of carboxylic acids is 1. The minimum absolute atomic E-state index is 0.336. The number of benzene rings is 1. The van der Waals surface area contributed by atoms with Crippen molar-refractivity contribution in [3.8, 4) is 5.75 Å². The zero-order chi connectivity index (χ0) is 13.7. The van der Waals surface area contributed by atoms with Crippen molar-refractivity contribution in [2.45, 2.75) is 13.0 Å². The lowest BCUT2D eigenvalue weighted by Crippen LogP contribution is -2.30. The molecule has 0 saturated carbocycles. The van der Waals surface area contributed by atoms with Crippen molar-refractivity contribution >= 4 is 29.6 Å². The topological polar surface area (TPSA) is 89.6 Å². The van der Waals surface area contributed by atoms with Crippen LogP contribution in [0.1, 0.15) is 12.5 Å². The van der Waals surface area contributed by atoms with Crippen LogP contribution < -0.4 is 10.5 Å². The van der Waals surface area contributed by atoms with E-state index >= 15 is 0 Å². The standard InChI is InChI=1S/C12H12ClNO4/c1-7(12(14)17)18-10-4-3-9(13)6-8(10)2-5-11(15)16/h2-7H,1H3,(H2,14,17)(H,15,16)/b5-2+. The molecule has 1 amide bonds. The fraction of sp³-hybridized carbons (Fsp3) is 0.167. The van der Waals surface area contributed by atoms with Crippen LogP contribution in [0.2, 0.25) is 5.02 Å². The highest BCUT2D eigenvalue weighted by Gasteiger charge is 2.12. The summed E-state index contributed by atoms with van der Waals surface area (Å²) in [7, 11) is 0. The largest absolute Gasteiger partial charge is 0.480 e. The molecule has 0 aliphatic rings. The van der Waals surface area contributed by atoms with Gasteiger partial charge in [0.1, 0.15) is 5.75 Å². The van der Waals surface area contributed by atoms with Crippen molar-refractivity contribution in [2.24, 2.45) is 5.73 Å². The first-order valence-electron chi connectivity index (χ1n) is 5.06. The lowest BCUT2D eigenvalue weighted by Gasteiger charge is -2.13. The van der Waals surface area contributed by atoms with Crippen LogP contribution in [0.3, 0.4) is 0 Å². The van der Waals surface area contributed by atoms with E-state index in [0.717, 1.165) is 6.08 Å². The van der Waals surface area contributed by atoms with Crippen LogP contribution in [0.25, 0.3) is 6.08 Å². The molecule has 3 N–H and O–H groups in total. The highest BCUT2D eigenvalue weighted by molar-refractivity contribution is 6.30. The summed E-state index contributed by atoms with van der Waals surface area (Å²) in [6, 6.07) is 4.65. The maximum absolute atomic E-state index is 10.9. The summed E-state index contributed by atoms with van der Waals surface area (Å²) in [6.45, 7) is 1.50. The van der Waals surface area contributed by atoms with E-state index in [1.807, 2.05) is 0 Å². The third-order valence-electron chi connectivity index (χ3n) is 2.08. The summed E-state index contributed by atoms with van der Waals surface area (Å²) >= 11 is 5.80. The Morgan fingerprint density at radius 3 is 2.72 bits per heavy atom. The first kappa shape index (κ1) is 14.1. The van der Waals surface area contributed by atoms with Gasteiger partial charge in [-0.25, -0.2) is 4.79 Å². The minimum atomic E-state index is -1.09. The Balaban J connectivity index is 3.03. The highest BCUT2D eigenvalue weighted by Crippen LogP contribution is 2.25. The first-order chi connectivity index (χ1) is 8.40. The molecule has 6 heteroatoms. The van der Waals surface area contributed by atoms with Crippen molar-refractivity contribution in [3.63, 3.8) is 0 Å². The third kappa shape index (κ3) is 4.10. The Kier molecular flexibility index (Phi) is 4.74. The monoisotopic (exact) mass is 269 g/mol. The quantitative estimate of drug-likeness (QED) is 0.796. The molecule has 0 aliphatic heterocycles. The number of carboxylic acid groups (broad SMARTS) is 1. The van der Waals surface area contributed by atoms with Crippen molar-refractivity contribution in [1.82, 2.24) is 0 Å². The molecule has 18 heavy (non-hydrogen) atoms. The molecule has 1 aromatic rings. The molecule has 0 aromatic heterocycles. The predicted molar refractivity (Wildman–Crippen MR) is 67.4 cm³/mol. The van der Waals surface area contributed by atoms with Crippen LogP contribution in [0.5, 0.6) is 5.75 Å². The molecule has 1 aromatic carbocycles. The second-order valence-electron chi connectivity index (χ2n) is 3.52. The van der Waals surface area contributed by atoms with Crippen molar-refractivity contribution < 1.29 is 19.4 Å². The van der Waals surface area contributed by atoms with Gasteiger partial charge in [-0.3, -0.25) is 4.79 Å². The van der Waals surface area contributed by atoms with Gasteiger partial charge in [-0.15, -0.1) is 0 Å². The molecular formula is C12H12ClNO4. The van der Waals surface area contributed by atoms with Crippen LogP contribution in [-0.4, -0.2) is 23.1 Å². The van der Waals surface area contributed by atoms with E-state index in [2.05, 4.69) is 0 Å². The number of carbonyl (C=O) groups excluding carboxylic acids is 1. The van der Waals surface area contributed by atoms with Gasteiger partial charge >= 0.3 is 5.97 Å². The molecule has 0 saturated heterocycles. The molecule has 0 bridgehead atoms. The maximum atomic E-state index is 10.9. The molecule has 0 spiro atoms. The predicted octanol–water partition coefficient (Wildman–Crippen LogP) is 1.69. The Bertz CT molecular complexity index is 499. The number of hydrogen-bond donors (Lipinski definition) is 2. The summed E-state index contributed by atoms with van der Waals surface area (Å²) in [5, 5.41) is 9.00. The van der Waals surface area contributed by atoms with E-state index in [1.165, 1.54) is 19.1 Å². The zero-order valence-corrected chi connectivity index (χ0v) is 10.3.